The number of carboxylic acids is 1. The number of aromatic amines is 1. The number of benzene rings is 3. The molecule has 0 fully saturated rings. The minimum absolute atomic E-state index is 0.0202. The number of amides is 5. The first-order valence-electron chi connectivity index (χ1n) is 23.4. The predicted molar refractivity (Wildman–Crippen MR) is 262 cm³/mol. The molecule has 3 aromatic carbocycles. The van der Waals surface area contributed by atoms with Crippen LogP contribution in [0.5, 0.6) is 0 Å². The molecule has 5 atom stereocenters. The largest absolute Gasteiger partial charge is 0.480 e. The number of tetrazole rings is 1. The van der Waals surface area contributed by atoms with Gasteiger partial charge in [0.2, 0.25) is 29.5 Å². The molecule has 3 heterocycles. The molecular formula is C48H59FN14O9. The first kappa shape index (κ1) is 53.4. The van der Waals surface area contributed by atoms with Crippen LogP contribution in [0.15, 0.2) is 66.7 Å². The van der Waals surface area contributed by atoms with E-state index in [-0.39, 0.29) is 83.0 Å². The number of hydrogen-bond donors (Lipinski definition) is 11. The fraction of sp³-hybridized carbons (Fsp3) is 0.396. The second-order valence-corrected chi connectivity index (χ2v) is 17.6. The van der Waals surface area contributed by atoms with Gasteiger partial charge in [-0.2, -0.15) is 10.2 Å². The van der Waals surface area contributed by atoms with Crippen LogP contribution in [-0.2, 0) is 32.0 Å². The third kappa shape index (κ3) is 14.1. The Morgan fingerprint density at radius 1 is 0.833 bits per heavy atom. The van der Waals surface area contributed by atoms with Crippen LogP contribution in [0.4, 0.5) is 21.8 Å². The zero-order chi connectivity index (χ0) is 52.1. The highest BCUT2D eigenvalue weighted by Crippen LogP contribution is 2.27. The fourth-order valence-corrected chi connectivity index (χ4v) is 7.95. The second kappa shape index (κ2) is 24.7. The summed E-state index contributed by atoms with van der Waals surface area (Å²) in [5.41, 5.74) is 13.7. The van der Waals surface area contributed by atoms with Crippen LogP contribution in [0.25, 0.3) is 22.3 Å². The van der Waals surface area contributed by atoms with E-state index in [9.17, 15) is 44.1 Å². The topological polar surface area (TPSA) is 359 Å². The van der Waals surface area contributed by atoms with Crippen molar-refractivity contribution in [2.45, 2.75) is 103 Å². The number of nitrogens with one attached hydrogen (secondary N) is 6. The number of nitrogens with zero attached hydrogens (tertiary/aromatic N) is 6. The van der Waals surface area contributed by atoms with Crippen molar-refractivity contribution < 1.29 is 48.5 Å². The first-order chi connectivity index (χ1) is 34.4. The summed E-state index contributed by atoms with van der Waals surface area (Å²) in [7, 11) is 0. The summed E-state index contributed by atoms with van der Waals surface area (Å²) < 4.78 is 15.3. The molecule has 0 bridgehead atoms. The number of rotatable bonds is 24. The highest BCUT2D eigenvalue weighted by molar-refractivity contribution is 6.03. The summed E-state index contributed by atoms with van der Waals surface area (Å²) in [6, 6.07) is 10.8. The summed E-state index contributed by atoms with van der Waals surface area (Å²) in [5.74, 6) is -4.90. The number of anilines is 3. The van der Waals surface area contributed by atoms with E-state index in [1.165, 1.54) is 42.2 Å². The lowest BCUT2D eigenvalue weighted by molar-refractivity contribution is -0.139. The van der Waals surface area contributed by atoms with Gasteiger partial charge in [-0.1, -0.05) is 38.5 Å². The van der Waals surface area contributed by atoms with Crippen molar-refractivity contribution in [2.24, 2.45) is 5.92 Å². The Bertz CT molecular complexity index is 2760. The van der Waals surface area contributed by atoms with Gasteiger partial charge in [0, 0.05) is 36.3 Å². The average molecular weight is 995 g/mol. The van der Waals surface area contributed by atoms with Gasteiger partial charge in [0.05, 0.1) is 16.5 Å². The summed E-state index contributed by atoms with van der Waals surface area (Å²) in [6.45, 7) is 5.47. The van der Waals surface area contributed by atoms with Crippen molar-refractivity contribution in [3.8, 4) is 11.4 Å². The van der Waals surface area contributed by atoms with Crippen LogP contribution in [0.2, 0.25) is 0 Å². The number of carboxylic acid groups (broad SMARTS) is 1. The number of carbonyl (C=O) groups is 6. The van der Waals surface area contributed by atoms with Crippen LogP contribution >= 0.6 is 0 Å². The molecule has 0 aliphatic carbocycles. The lowest BCUT2D eigenvalue weighted by Crippen LogP contribution is -2.53. The molecule has 5 amide bonds. The zero-order valence-corrected chi connectivity index (χ0v) is 39.9. The van der Waals surface area contributed by atoms with Crippen molar-refractivity contribution >= 4 is 63.9 Å². The highest BCUT2D eigenvalue weighted by atomic mass is 19.1. The number of aryl methyl sites for hydroxylation is 2. The number of unbranched alkanes of at least 4 members (excludes halogenated alkanes) is 2. The van der Waals surface area contributed by atoms with Crippen molar-refractivity contribution in [3.63, 3.8) is 0 Å². The summed E-state index contributed by atoms with van der Waals surface area (Å²) in [5, 5.41) is 57.0. The van der Waals surface area contributed by atoms with Gasteiger partial charge in [-0.25, -0.2) is 19.1 Å². The minimum atomic E-state index is -1.28. The van der Waals surface area contributed by atoms with Crippen molar-refractivity contribution in [2.75, 3.05) is 29.9 Å². The van der Waals surface area contributed by atoms with Gasteiger partial charge in [-0.15, -0.1) is 10.2 Å². The Balaban J connectivity index is 0.956. The van der Waals surface area contributed by atoms with E-state index >= 15 is 4.39 Å². The lowest BCUT2D eigenvalue weighted by atomic mass is 10.0. The molecule has 1 aliphatic heterocycles. The van der Waals surface area contributed by atoms with E-state index in [1.54, 1.807) is 50.2 Å². The van der Waals surface area contributed by atoms with Gasteiger partial charge in [-0.3, -0.25) is 24.0 Å². The second-order valence-electron chi connectivity index (χ2n) is 17.6. The molecule has 23 nitrogen and oxygen atoms in total. The van der Waals surface area contributed by atoms with Crippen LogP contribution in [0, 0.1) is 11.7 Å². The van der Waals surface area contributed by atoms with Gasteiger partial charge in [0.1, 0.15) is 42.2 Å². The Morgan fingerprint density at radius 2 is 1.57 bits per heavy atom. The number of H-pyrrole nitrogens is 1. The number of halogens is 1. The Morgan fingerprint density at radius 3 is 2.25 bits per heavy atom. The Labute approximate surface area is 412 Å². The molecular weight excluding hydrogens is 936 g/mol. The molecule has 2 unspecified atom stereocenters. The molecule has 5 aromatic rings. The summed E-state index contributed by atoms with van der Waals surface area (Å²) in [4.78, 5) is 87.5. The lowest BCUT2D eigenvalue weighted by Gasteiger charge is -2.24. The SMILES string of the molecule is CC(C)[C@H](NC(=O)CCCCCN1C(O)C=CC1O)C(=O)N[C@@H](C)C(=O)Nc1ccc(C(=O)NCCC[C@H](NC(=O)c2ccc(CCc3ccc4nc(N)nc(N)c4c3F)cc2)C(=O)O)c(-c2nn[nH]n2)c1. The maximum Gasteiger partial charge on any atom is 0.326 e. The quantitative estimate of drug-likeness (QED) is 0.0311. The van der Waals surface area contributed by atoms with E-state index in [4.69, 9.17) is 11.5 Å². The van der Waals surface area contributed by atoms with Crippen LogP contribution in [0.3, 0.4) is 0 Å². The van der Waals surface area contributed by atoms with E-state index in [0.717, 1.165) is 5.56 Å². The predicted octanol–water partition coefficient (Wildman–Crippen LogP) is 1.94. The van der Waals surface area contributed by atoms with Gasteiger partial charge in [-0.05, 0) is 116 Å². The molecule has 72 heavy (non-hydrogen) atoms. The molecule has 2 aromatic heterocycles. The molecule has 6 rings (SSSR count). The van der Waals surface area contributed by atoms with E-state index in [2.05, 4.69) is 57.2 Å². The standard InChI is InChI=1S/C48H59FN14O9/c1-25(2)40(57-35(64)9-5-4-6-23-63-36(65)20-21-37(63)66)46(70)53-26(3)43(67)54-30-17-18-31(32(24-30)42-59-61-62-60-42)45(69)52-22-7-8-34(47(71)72)55-44(68)29-14-11-27(12-15-29)10-13-28-16-19-33-38(39(28)49)41(50)58-48(51)56-33/h11-12,14-21,24-26,34,36-37,40,65-66H,4-10,13,22-23H2,1-3H3,(H,52,69)(H,53,70)(H,54,67)(H,55,68)(H,57,64)(H,71,72)(H4,50,51,56,58)(H,59,60,61,62)/t26-,34-,36?,37?,40-/m0/s1. The van der Waals surface area contributed by atoms with Crippen LogP contribution in [-0.4, -0.2) is 130 Å². The third-order valence-corrected chi connectivity index (χ3v) is 12.0. The molecule has 0 spiro atoms. The number of hydrogen-bond acceptors (Lipinski definition) is 16. The summed E-state index contributed by atoms with van der Waals surface area (Å²) >= 11 is 0. The van der Waals surface area contributed by atoms with Gasteiger partial charge in [0.25, 0.3) is 11.8 Å². The first-order valence-corrected chi connectivity index (χ1v) is 23.4. The number of aromatic nitrogens is 6. The van der Waals surface area contributed by atoms with E-state index < -0.39 is 66.0 Å². The van der Waals surface area contributed by atoms with E-state index in [1.807, 2.05) is 0 Å². The van der Waals surface area contributed by atoms with Gasteiger partial charge >= 0.3 is 5.97 Å². The molecule has 0 saturated heterocycles. The summed E-state index contributed by atoms with van der Waals surface area (Å²) in [6.07, 6.45) is 4.18. The smallest absolute Gasteiger partial charge is 0.326 e. The number of carbonyl (C=O) groups excluding carboxylic acids is 5. The number of aliphatic hydroxyl groups is 2. The molecule has 1 aliphatic rings. The molecule has 382 valence electrons. The average Bonchev–Trinajstić information content (AvgIpc) is 4.00. The molecule has 24 heteroatoms. The van der Waals surface area contributed by atoms with Crippen LogP contribution < -0.4 is 38.1 Å². The molecule has 0 radical (unpaired) electrons. The normalized spacial score (nSPS) is 15.7. The van der Waals surface area contributed by atoms with E-state index in [0.29, 0.717) is 49.7 Å². The number of aliphatic carboxylic acids is 1. The van der Waals surface area contributed by atoms with Gasteiger partial charge < -0.3 is 53.4 Å². The minimum Gasteiger partial charge on any atom is -0.480 e. The Hall–Kier alpha value is -7.96. The van der Waals surface area contributed by atoms with Crippen molar-refractivity contribution in [1.82, 2.24) is 56.8 Å². The number of fused-ring (bicyclic) bond motifs is 1. The monoisotopic (exact) mass is 994 g/mol. The van der Waals surface area contributed by atoms with Gasteiger partial charge in [0.15, 0.2) is 0 Å². The molecule has 0 saturated carbocycles. The van der Waals surface area contributed by atoms with Crippen molar-refractivity contribution in [1.29, 1.82) is 0 Å². The maximum atomic E-state index is 15.3. The number of aliphatic hydroxyl groups excluding tert-OH is 2. The fourth-order valence-electron chi connectivity index (χ4n) is 7.95. The maximum absolute atomic E-state index is 15.3. The Kier molecular flexibility index (Phi) is 18.3. The number of nitrogens with two attached hydrogens (primary N) is 2. The van der Waals surface area contributed by atoms with Crippen LogP contribution in [0.1, 0.15) is 91.1 Å². The number of nitrogen functional groups attached to an aromatic ring is 2. The third-order valence-electron chi connectivity index (χ3n) is 12.0. The highest BCUT2D eigenvalue weighted by Gasteiger charge is 2.29. The van der Waals surface area contributed by atoms with Crippen molar-refractivity contribution in [3.05, 3.63) is 94.8 Å². The molecule has 13 N–H and O–H groups in total. The zero-order valence-electron chi connectivity index (χ0n) is 39.9.